The van der Waals surface area contributed by atoms with Crippen LogP contribution < -0.4 is 11.1 Å². The normalized spacial score (nSPS) is 26.7. The van der Waals surface area contributed by atoms with Crippen LogP contribution in [0.4, 0.5) is 5.95 Å². The third-order valence-electron chi connectivity index (χ3n) is 5.26. The molecule has 3 N–H and O–H groups in total. The molecule has 2 fully saturated rings. The molecule has 1 aromatic rings. The minimum absolute atomic E-state index is 0.308. The van der Waals surface area contributed by atoms with Gasteiger partial charge in [-0.25, -0.2) is 9.97 Å². The van der Waals surface area contributed by atoms with Crippen LogP contribution in [-0.2, 0) is 0 Å². The van der Waals surface area contributed by atoms with Gasteiger partial charge in [0, 0.05) is 49.3 Å². The number of nitrogen functional groups attached to an aromatic ring is 1. The molecular formula is C17H27N5. The van der Waals surface area contributed by atoms with Crippen LogP contribution in [0, 0.1) is 11.3 Å². The number of nitrogens with zero attached hydrogens (tertiary/aromatic N) is 3. The summed E-state index contributed by atoms with van der Waals surface area (Å²) in [5, 5.41) is 3.72. The molecule has 1 saturated heterocycles. The summed E-state index contributed by atoms with van der Waals surface area (Å²) in [6, 6.07) is 0.761. The zero-order valence-corrected chi connectivity index (χ0v) is 13.7. The minimum atomic E-state index is 0.308. The molecule has 1 aliphatic heterocycles. The average Bonchev–Trinajstić information content (AvgIpc) is 3.22. The first-order valence-electron chi connectivity index (χ1n) is 8.22. The smallest absolute Gasteiger partial charge is 0.219 e. The lowest BCUT2D eigenvalue weighted by atomic mass is 9.80. The Hall–Kier alpha value is -1.62. The topological polar surface area (TPSA) is 67.1 Å². The van der Waals surface area contributed by atoms with Gasteiger partial charge in [-0.2, -0.15) is 0 Å². The maximum atomic E-state index is 5.54. The molecule has 3 rings (SSSR count). The number of nitrogens with one attached hydrogen (secondary N) is 1. The number of rotatable bonds is 5. The van der Waals surface area contributed by atoms with Crippen molar-refractivity contribution in [1.29, 1.82) is 0 Å². The lowest BCUT2D eigenvalue weighted by molar-refractivity contribution is 0.157. The summed E-state index contributed by atoms with van der Waals surface area (Å²) in [6.07, 6.45) is 7.24. The highest BCUT2D eigenvalue weighted by molar-refractivity contribution is 5.60. The Bertz CT molecular complexity index is 530. The van der Waals surface area contributed by atoms with Gasteiger partial charge in [-0.05, 0) is 30.6 Å². The van der Waals surface area contributed by atoms with Crippen molar-refractivity contribution < 1.29 is 0 Å². The van der Waals surface area contributed by atoms with Crippen LogP contribution in [0.15, 0.2) is 19.0 Å². The zero-order valence-electron chi connectivity index (χ0n) is 13.7. The third kappa shape index (κ3) is 3.40. The van der Waals surface area contributed by atoms with Crippen LogP contribution in [0.2, 0.25) is 0 Å². The Morgan fingerprint density at radius 1 is 1.41 bits per heavy atom. The molecule has 5 nitrogen and oxygen atoms in total. The standard InChI is InChI=1S/C17H27N5/c1-12-8-15(12)21-11-17(3)4-6-22(7-5-17)13(2)14-9-19-16(18)20-10-14/h9-10,12,15,21H,2,4-8,11H2,1,3H3,(H2,18,19,20)/t12-,15-/m1/s1. The van der Waals surface area contributed by atoms with Crippen LogP contribution >= 0.6 is 0 Å². The van der Waals surface area contributed by atoms with Gasteiger partial charge < -0.3 is 16.0 Å². The fourth-order valence-electron chi connectivity index (χ4n) is 3.15. The van der Waals surface area contributed by atoms with Crippen molar-refractivity contribution in [2.24, 2.45) is 11.3 Å². The van der Waals surface area contributed by atoms with E-state index < -0.39 is 0 Å². The molecule has 5 heteroatoms. The summed E-state index contributed by atoms with van der Waals surface area (Å²) < 4.78 is 0. The summed E-state index contributed by atoms with van der Waals surface area (Å²) in [6.45, 7) is 12.2. The van der Waals surface area contributed by atoms with Crippen LogP contribution in [0.3, 0.4) is 0 Å². The van der Waals surface area contributed by atoms with Crippen molar-refractivity contribution in [3.63, 3.8) is 0 Å². The molecule has 1 aromatic heterocycles. The fourth-order valence-corrected chi connectivity index (χ4v) is 3.15. The van der Waals surface area contributed by atoms with Crippen molar-refractivity contribution >= 4 is 11.6 Å². The molecular weight excluding hydrogens is 274 g/mol. The Balaban J connectivity index is 1.52. The van der Waals surface area contributed by atoms with Gasteiger partial charge in [0.05, 0.1) is 0 Å². The lowest BCUT2D eigenvalue weighted by Gasteiger charge is -2.41. The van der Waals surface area contributed by atoms with E-state index in [0.717, 1.165) is 42.9 Å². The second kappa shape index (κ2) is 5.88. The number of piperidine rings is 1. The number of hydrogen-bond acceptors (Lipinski definition) is 5. The van der Waals surface area contributed by atoms with Crippen molar-refractivity contribution in [2.45, 2.75) is 39.2 Å². The molecule has 2 heterocycles. The van der Waals surface area contributed by atoms with Gasteiger partial charge in [-0.1, -0.05) is 20.4 Å². The molecule has 0 bridgehead atoms. The fraction of sp³-hybridized carbons (Fsp3) is 0.647. The molecule has 0 unspecified atom stereocenters. The third-order valence-corrected chi connectivity index (χ3v) is 5.26. The molecule has 2 atom stereocenters. The first-order chi connectivity index (χ1) is 10.5. The van der Waals surface area contributed by atoms with E-state index in [1.807, 2.05) is 0 Å². The van der Waals surface area contributed by atoms with Gasteiger partial charge in [0.15, 0.2) is 0 Å². The minimum Gasteiger partial charge on any atom is -0.371 e. The van der Waals surface area contributed by atoms with Crippen LogP contribution in [0.5, 0.6) is 0 Å². The Labute approximate surface area is 133 Å². The van der Waals surface area contributed by atoms with Gasteiger partial charge in [0.2, 0.25) is 5.95 Å². The van der Waals surface area contributed by atoms with E-state index >= 15 is 0 Å². The summed E-state index contributed by atoms with van der Waals surface area (Å²) in [4.78, 5) is 10.5. The number of anilines is 1. The van der Waals surface area contributed by atoms with Gasteiger partial charge in [0.1, 0.15) is 0 Å². The monoisotopic (exact) mass is 301 g/mol. The first-order valence-corrected chi connectivity index (χ1v) is 8.22. The van der Waals surface area contributed by atoms with Crippen molar-refractivity contribution in [3.05, 3.63) is 24.5 Å². The highest BCUT2D eigenvalue weighted by atomic mass is 15.1. The molecule has 22 heavy (non-hydrogen) atoms. The maximum Gasteiger partial charge on any atom is 0.219 e. The van der Waals surface area contributed by atoms with E-state index in [2.05, 4.69) is 40.6 Å². The second-order valence-corrected chi connectivity index (χ2v) is 7.27. The summed E-state index contributed by atoms with van der Waals surface area (Å²) >= 11 is 0. The molecule has 0 amide bonds. The van der Waals surface area contributed by atoms with Crippen molar-refractivity contribution in [1.82, 2.24) is 20.2 Å². The molecule has 0 aromatic carbocycles. The van der Waals surface area contributed by atoms with Crippen LogP contribution in [0.25, 0.3) is 5.70 Å². The highest BCUT2D eigenvalue weighted by Crippen LogP contribution is 2.35. The zero-order chi connectivity index (χ0) is 15.7. The SMILES string of the molecule is C=C(c1cnc(N)nc1)N1CCC(C)(CN[C@@H]2C[C@H]2C)CC1. The van der Waals surface area contributed by atoms with Crippen LogP contribution in [-0.4, -0.2) is 40.5 Å². The number of aromatic nitrogens is 2. The predicted octanol–water partition coefficient (Wildman–Crippen LogP) is 2.13. The quantitative estimate of drug-likeness (QED) is 0.872. The number of nitrogens with two attached hydrogens (primary N) is 1. The number of hydrogen-bond donors (Lipinski definition) is 2. The van der Waals surface area contributed by atoms with E-state index in [1.165, 1.54) is 19.3 Å². The maximum absolute atomic E-state index is 5.54. The van der Waals surface area contributed by atoms with E-state index in [9.17, 15) is 0 Å². The Morgan fingerprint density at radius 3 is 2.55 bits per heavy atom. The first kappa shape index (κ1) is 15.3. The van der Waals surface area contributed by atoms with Crippen molar-refractivity contribution in [2.75, 3.05) is 25.4 Å². The van der Waals surface area contributed by atoms with Gasteiger partial charge in [-0.3, -0.25) is 0 Å². The van der Waals surface area contributed by atoms with E-state index in [1.54, 1.807) is 12.4 Å². The molecule has 120 valence electrons. The molecule has 1 saturated carbocycles. The van der Waals surface area contributed by atoms with Gasteiger partial charge >= 0.3 is 0 Å². The summed E-state index contributed by atoms with van der Waals surface area (Å²) in [5.41, 5.74) is 7.91. The second-order valence-electron chi connectivity index (χ2n) is 7.27. The Kier molecular flexibility index (Phi) is 4.08. The molecule has 2 aliphatic rings. The highest BCUT2D eigenvalue weighted by Gasteiger charge is 2.36. The van der Waals surface area contributed by atoms with E-state index in [4.69, 9.17) is 5.73 Å². The van der Waals surface area contributed by atoms with Gasteiger partial charge in [0.25, 0.3) is 0 Å². The van der Waals surface area contributed by atoms with E-state index in [-0.39, 0.29) is 0 Å². The largest absolute Gasteiger partial charge is 0.371 e. The lowest BCUT2D eigenvalue weighted by Crippen LogP contribution is -2.43. The molecule has 0 spiro atoms. The van der Waals surface area contributed by atoms with Crippen molar-refractivity contribution in [3.8, 4) is 0 Å². The summed E-state index contributed by atoms with van der Waals surface area (Å²) in [5.74, 6) is 1.18. The predicted molar refractivity (Wildman–Crippen MR) is 90.0 cm³/mol. The molecule has 0 radical (unpaired) electrons. The summed E-state index contributed by atoms with van der Waals surface area (Å²) in [7, 11) is 0. The molecule has 1 aliphatic carbocycles. The Morgan fingerprint density at radius 2 is 2.00 bits per heavy atom. The average molecular weight is 301 g/mol. The van der Waals surface area contributed by atoms with E-state index in [0.29, 0.717) is 11.4 Å². The van der Waals surface area contributed by atoms with Crippen LogP contribution in [0.1, 0.15) is 38.7 Å². The number of likely N-dealkylation sites (tertiary alicyclic amines) is 1. The van der Waals surface area contributed by atoms with Gasteiger partial charge in [-0.15, -0.1) is 0 Å².